The number of nitrogens with one attached hydrogen (secondary N) is 1. The average Bonchev–Trinajstić information content (AvgIpc) is 3.01. The third-order valence-corrected chi connectivity index (χ3v) is 4.03. The SMILES string of the molecule is O=C(Cc1ccc(C(F)(F)F)cc1)Nc1ccccc1-n1cc(Br)cn1. The van der Waals surface area contributed by atoms with Gasteiger partial charge in [-0.25, -0.2) is 4.68 Å². The fraction of sp³-hybridized carbons (Fsp3) is 0.111. The average molecular weight is 424 g/mol. The van der Waals surface area contributed by atoms with Gasteiger partial charge in [0.15, 0.2) is 0 Å². The number of halogens is 4. The summed E-state index contributed by atoms with van der Waals surface area (Å²) in [5.74, 6) is -0.330. The highest BCUT2D eigenvalue weighted by Gasteiger charge is 2.29. The Morgan fingerprint density at radius 2 is 1.81 bits per heavy atom. The molecule has 2 aromatic carbocycles. The van der Waals surface area contributed by atoms with Gasteiger partial charge in [0.2, 0.25) is 5.91 Å². The van der Waals surface area contributed by atoms with Crippen molar-refractivity contribution in [2.45, 2.75) is 12.6 Å². The van der Waals surface area contributed by atoms with Crippen LogP contribution >= 0.6 is 15.9 Å². The lowest BCUT2D eigenvalue weighted by atomic mass is 10.1. The van der Waals surface area contributed by atoms with E-state index in [2.05, 4.69) is 26.3 Å². The monoisotopic (exact) mass is 423 g/mol. The summed E-state index contributed by atoms with van der Waals surface area (Å²) < 4.78 is 40.2. The van der Waals surface area contributed by atoms with E-state index in [1.54, 1.807) is 35.3 Å². The van der Waals surface area contributed by atoms with E-state index in [1.807, 2.05) is 6.07 Å². The molecule has 0 atom stereocenters. The number of aromatic nitrogens is 2. The van der Waals surface area contributed by atoms with Crippen LogP contribution in [0.15, 0.2) is 65.4 Å². The van der Waals surface area contributed by atoms with Crippen molar-refractivity contribution in [3.05, 3.63) is 76.5 Å². The molecule has 3 rings (SSSR count). The number of para-hydroxylation sites is 2. The summed E-state index contributed by atoms with van der Waals surface area (Å²) in [6.07, 6.45) is -1.05. The summed E-state index contributed by atoms with van der Waals surface area (Å²) >= 11 is 3.32. The fourth-order valence-corrected chi connectivity index (χ4v) is 2.69. The molecule has 134 valence electrons. The minimum absolute atomic E-state index is 0.0325. The maximum atomic E-state index is 12.6. The number of hydrogen-bond donors (Lipinski definition) is 1. The Kier molecular flexibility index (Phi) is 5.13. The van der Waals surface area contributed by atoms with Crippen LogP contribution < -0.4 is 5.32 Å². The van der Waals surface area contributed by atoms with Crippen LogP contribution in [0.2, 0.25) is 0 Å². The Balaban J connectivity index is 1.73. The summed E-state index contributed by atoms with van der Waals surface area (Å²) in [7, 11) is 0. The van der Waals surface area contributed by atoms with Crippen LogP contribution in [0, 0.1) is 0 Å². The van der Waals surface area contributed by atoms with E-state index in [4.69, 9.17) is 0 Å². The van der Waals surface area contributed by atoms with Gasteiger partial charge in [-0.1, -0.05) is 24.3 Å². The van der Waals surface area contributed by atoms with Crippen molar-refractivity contribution in [1.82, 2.24) is 9.78 Å². The topological polar surface area (TPSA) is 46.9 Å². The second kappa shape index (κ2) is 7.33. The van der Waals surface area contributed by atoms with Crippen LogP contribution in [0.3, 0.4) is 0 Å². The number of amides is 1. The molecule has 0 radical (unpaired) electrons. The van der Waals surface area contributed by atoms with Gasteiger partial charge in [-0.15, -0.1) is 0 Å². The van der Waals surface area contributed by atoms with Crippen molar-refractivity contribution in [2.75, 3.05) is 5.32 Å². The highest BCUT2D eigenvalue weighted by molar-refractivity contribution is 9.10. The molecule has 0 saturated heterocycles. The Bertz CT molecular complexity index is 920. The first kappa shape index (κ1) is 18.2. The lowest BCUT2D eigenvalue weighted by Crippen LogP contribution is -2.16. The van der Waals surface area contributed by atoms with Crippen molar-refractivity contribution in [1.29, 1.82) is 0 Å². The Morgan fingerprint density at radius 1 is 1.12 bits per heavy atom. The van der Waals surface area contributed by atoms with Crippen LogP contribution in [-0.4, -0.2) is 15.7 Å². The number of anilines is 1. The molecule has 8 heteroatoms. The normalized spacial score (nSPS) is 11.4. The molecule has 1 amide bonds. The number of alkyl halides is 3. The molecule has 1 N–H and O–H groups in total. The van der Waals surface area contributed by atoms with Crippen molar-refractivity contribution >= 4 is 27.5 Å². The number of nitrogens with zero attached hydrogens (tertiary/aromatic N) is 2. The van der Waals surface area contributed by atoms with Crippen LogP contribution in [0.4, 0.5) is 18.9 Å². The van der Waals surface area contributed by atoms with Crippen molar-refractivity contribution in [3.63, 3.8) is 0 Å². The van der Waals surface area contributed by atoms with Gasteiger partial charge in [0.05, 0.1) is 34.0 Å². The summed E-state index contributed by atoms with van der Waals surface area (Å²) in [6.45, 7) is 0. The molecule has 1 aromatic heterocycles. The van der Waals surface area contributed by atoms with E-state index in [0.29, 0.717) is 16.9 Å². The second-order valence-electron chi connectivity index (χ2n) is 5.54. The van der Waals surface area contributed by atoms with Gasteiger partial charge in [0.1, 0.15) is 0 Å². The Hall–Kier alpha value is -2.61. The molecule has 0 spiro atoms. The van der Waals surface area contributed by atoms with Gasteiger partial charge in [0, 0.05) is 6.20 Å². The Morgan fingerprint density at radius 3 is 2.42 bits per heavy atom. The highest BCUT2D eigenvalue weighted by Crippen LogP contribution is 2.29. The third-order valence-electron chi connectivity index (χ3n) is 3.62. The van der Waals surface area contributed by atoms with Gasteiger partial charge >= 0.3 is 6.18 Å². The molecule has 3 aromatic rings. The minimum atomic E-state index is -4.39. The first-order valence-corrected chi connectivity index (χ1v) is 8.38. The molecule has 26 heavy (non-hydrogen) atoms. The maximum Gasteiger partial charge on any atom is 0.416 e. The van der Waals surface area contributed by atoms with E-state index in [0.717, 1.165) is 16.6 Å². The molecular weight excluding hydrogens is 411 g/mol. The van der Waals surface area contributed by atoms with E-state index >= 15 is 0 Å². The zero-order chi connectivity index (χ0) is 18.7. The lowest BCUT2D eigenvalue weighted by molar-refractivity contribution is -0.137. The summed E-state index contributed by atoms with van der Waals surface area (Å²) in [5.41, 5.74) is 0.991. The summed E-state index contributed by atoms with van der Waals surface area (Å²) in [4.78, 5) is 12.3. The number of benzene rings is 2. The fourth-order valence-electron chi connectivity index (χ4n) is 2.40. The molecule has 0 aliphatic rings. The lowest BCUT2D eigenvalue weighted by Gasteiger charge is -2.11. The standard InChI is InChI=1S/C18H13BrF3N3O/c19-14-10-23-25(11-14)16-4-2-1-3-15(16)24-17(26)9-12-5-7-13(8-6-12)18(20,21)22/h1-8,10-11H,9H2,(H,24,26). The molecule has 0 bridgehead atoms. The highest BCUT2D eigenvalue weighted by atomic mass is 79.9. The largest absolute Gasteiger partial charge is 0.416 e. The number of hydrogen-bond acceptors (Lipinski definition) is 2. The molecule has 0 aliphatic carbocycles. The first-order valence-electron chi connectivity index (χ1n) is 7.58. The van der Waals surface area contributed by atoms with Crippen LogP contribution in [-0.2, 0) is 17.4 Å². The predicted octanol–water partition coefficient (Wildman–Crippen LogP) is 4.83. The zero-order valence-corrected chi connectivity index (χ0v) is 14.9. The van der Waals surface area contributed by atoms with Crippen molar-refractivity contribution in [2.24, 2.45) is 0 Å². The van der Waals surface area contributed by atoms with Gasteiger partial charge in [-0.2, -0.15) is 18.3 Å². The summed E-state index contributed by atoms with van der Waals surface area (Å²) in [5, 5.41) is 6.96. The number of rotatable bonds is 4. The molecule has 0 saturated carbocycles. The van der Waals surface area contributed by atoms with Gasteiger partial charge in [-0.05, 0) is 45.8 Å². The minimum Gasteiger partial charge on any atom is -0.324 e. The number of carbonyl (C=O) groups excluding carboxylic acids is 1. The first-order chi connectivity index (χ1) is 12.3. The molecule has 4 nitrogen and oxygen atoms in total. The number of carbonyl (C=O) groups is 1. The van der Waals surface area contributed by atoms with E-state index in [1.165, 1.54) is 12.1 Å². The molecule has 0 unspecified atom stereocenters. The predicted molar refractivity (Wildman–Crippen MR) is 95.0 cm³/mol. The van der Waals surface area contributed by atoms with Crippen LogP contribution in [0.5, 0.6) is 0 Å². The third kappa shape index (κ3) is 4.32. The van der Waals surface area contributed by atoms with Crippen LogP contribution in [0.25, 0.3) is 5.69 Å². The van der Waals surface area contributed by atoms with Gasteiger partial charge in [0.25, 0.3) is 0 Å². The molecule has 0 fully saturated rings. The summed E-state index contributed by atoms with van der Waals surface area (Å²) in [6, 6.07) is 11.7. The molecule has 1 heterocycles. The molecule has 0 aliphatic heterocycles. The maximum absolute atomic E-state index is 12.6. The van der Waals surface area contributed by atoms with E-state index < -0.39 is 11.7 Å². The zero-order valence-electron chi connectivity index (χ0n) is 13.3. The quantitative estimate of drug-likeness (QED) is 0.652. The smallest absolute Gasteiger partial charge is 0.324 e. The second-order valence-corrected chi connectivity index (χ2v) is 6.46. The van der Waals surface area contributed by atoms with Crippen molar-refractivity contribution in [3.8, 4) is 5.69 Å². The molecular formula is C18H13BrF3N3O. The van der Waals surface area contributed by atoms with Crippen LogP contribution in [0.1, 0.15) is 11.1 Å². The van der Waals surface area contributed by atoms with Gasteiger partial charge < -0.3 is 5.32 Å². The van der Waals surface area contributed by atoms with E-state index in [9.17, 15) is 18.0 Å². The van der Waals surface area contributed by atoms with E-state index in [-0.39, 0.29) is 12.3 Å². The Labute approximate surface area is 155 Å². The van der Waals surface area contributed by atoms with Crippen molar-refractivity contribution < 1.29 is 18.0 Å². The van der Waals surface area contributed by atoms with Gasteiger partial charge in [-0.3, -0.25) is 4.79 Å².